The number of pyridine rings is 1. The molecule has 118 valence electrons. The molecular formula is C17H29N3O. The van der Waals surface area contributed by atoms with E-state index in [0.717, 1.165) is 31.7 Å². The predicted octanol–water partition coefficient (Wildman–Crippen LogP) is 2.88. The van der Waals surface area contributed by atoms with Crippen LogP contribution in [-0.2, 0) is 0 Å². The third-order valence-corrected chi connectivity index (χ3v) is 4.34. The first-order chi connectivity index (χ1) is 10.3. The SMILES string of the molecule is CCCNC(C)c1ccnc(N(CCCO)C2CCC2)c1. The fourth-order valence-corrected chi connectivity index (χ4v) is 2.76. The van der Waals surface area contributed by atoms with Crippen molar-refractivity contribution < 1.29 is 5.11 Å². The van der Waals surface area contributed by atoms with Crippen molar-refractivity contribution in [3.8, 4) is 0 Å². The molecule has 1 aromatic heterocycles. The summed E-state index contributed by atoms with van der Waals surface area (Å²) in [5, 5.41) is 12.6. The van der Waals surface area contributed by atoms with Crippen molar-refractivity contribution in [1.82, 2.24) is 10.3 Å². The fourth-order valence-electron chi connectivity index (χ4n) is 2.76. The molecule has 1 heterocycles. The van der Waals surface area contributed by atoms with Gasteiger partial charge in [0, 0.05) is 31.4 Å². The van der Waals surface area contributed by atoms with E-state index in [-0.39, 0.29) is 6.61 Å². The molecule has 4 nitrogen and oxygen atoms in total. The Morgan fingerprint density at radius 2 is 2.29 bits per heavy atom. The second kappa shape index (κ2) is 8.35. The number of aliphatic hydroxyl groups is 1. The standard InChI is InChI=1S/C17H29N3O/c1-3-9-18-14(2)15-8-10-19-17(13-15)20(11-5-12-21)16-6-4-7-16/h8,10,13-14,16,18,21H,3-7,9,11-12H2,1-2H3. The van der Waals surface area contributed by atoms with Gasteiger partial charge in [-0.2, -0.15) is 0 Å². The second-order valence-corrected chi connectivity index (χ2v) is 5.98. The van der Waals surface area contributed by atoms with Gasteiger partial charge in [-0.05, 0) is 63.3 Å². The quantitative estimate of drug-likeness (QED) is 0.734. The number of nitrogens with one attached hydrogen (secondary N) is 1. The van der Waals surface area contributed by atoms with Gasteiger partial charge in [0.2, 0.25) is 0 Å². The molecule has 0 radical (unpaired) electrons. The first kappa shape index (κ1) is 16.2. The lowest BCUT2D eigenvalue weighted by atomic mass is 9.91. The van der Waals surface area contributed by atoms with Gasteiger partial charge in [-0.3, -0.25) is 0 Å². The van der Waals surface area contributed by atoms with Crippen LogP contribution in [0.25, 0.3) is 0 Å². The van der Waals surface area contributed by atoms with Crippen LogP contribution in [0.5, 0.6) is 0 Å². The summed E-state index contributed by atoms with van der Waals surface area (Å²) in [7, 11) is 0. The third kappa shape index (κ3) is 4.42. The average molecular weight is 291 g/mol. The predicted molar refractivity (Wildman–Crippen MR) is 87.6 cm³/mol. The topological polar surface area (TPSA) is 48.4 Å². The molecule has 1 saturated carbocycles. The Bertz CT molecular complexity index is 420. The van der Waals surface area contributed by atoms with E-state index in [4.69, 9.17) is 5.11 Å². The minimum atomic E-state index is 0.247. The third-order valence-electron chi connectivity index (χ3n) is 4.34. The highest BCUT2D eigenvalue weighted by Crippen LogP contribution is 2.29. The number of aromatic nitrogens is 1. The van der Waals surface area contributed by atoms with E-state index in [1.807, 2.05) is 6.20 Å². The number of aliphatic hydroxyl groups excluding tert-OH is 1. The molecule has 4 heteroatoms. The molecule has 0 bridgehead atoms. The van der Waals surface area contributed by atoms with Crippen LogP contribution >= 0.6 is 0 Å². The lowest BCUT2D eigenvalue weighted by Gasteiger charge is -2.38. The molecule has 21 heavy (non-hydrogen) atoms. The molecule has 2 rings (SSSR count). The summed E-state index contributed by atoms with van der Waals surface area (Å²) in [6.07, 6.45) is 7.69. The molecular weight excluding hydrogens is 262 g/mol. The van der Waals surface area contributed by atoms with Crippen molar-refractivity contribution in [3.63, 3.8) is 0 Å². The normalized spacial score (nSPS) is 16.5. The van der Waals surface area contributed by atoms with Crippen LogP contribution in [-0.4, -0.2) is 35.8 Å². The van der Waals surface area contributed by atoms with Crippen molar-refractivity contribution in [2.45, 2.75) is 58.0 Å². The number of hydrogen-bond donors (Lipinski definition) is 2. The molecule has 0 saturated heterocycles. The molecule has 0 amide bonds. The van der Waals surface area contributed by atoms with E-state index in [1.165, 1.54) is 24.8 Å². The monoisotopic (exact) mass is 291 g/mol. The Hall–Kier alpha value is -1.13. The minimum absolute atomic E-state index is 0.247. The average Bonchev–Trinajstić information content (AvgIpc) is 2.47. The maximum absolute atomic E-state index is 9.12. The molecule has 1 aliphatic carbocycles. The van der Waals surface area contributed by atoms with Gasteiger partial charge in [0.25, 0.3) is 0 Å². The summed E-state index contributed by atoms with van der Waals surface area (Å²) in [6, 6.07) is 5.27. The lowest BCUT2D eigenvalue weighted by molar-refractivity contribution is 0.282. The van der Waals surface area contributed by atoms with Gasteiger partial charge in [0.05, 0.1) is 0 Å². The molecule has 1 fully saturated rings. The summed E-state index contributed by atoms with van der Waals surface area (Å²) in [4.78, 5) is 6.96. The van der Waals surface area contributed by atoms with Gasteiger partial charge < -0.3 is 15.3 Å². The van der Waals surface area contributed by atoms with Crippen LogP contribution in [0.1, 0.15) is 57.6 Å². The second-order valence-electron chi connectivity index (χ2n) is 5.98. The van der Waals surface area contributed by atoms with E-state index in [0.29, 0.717) is 12.1 Å². The van der Waals surface area contributed by atoms with Crippen LogP contribution in [0, 0.1) is 0 Å². The van der Waals surface area contributed by atoms with Crippen molar-refractivity contribution in [3.05, 3.63) is 23.9 Å². The molecule has 0 spiro atoms. The van der Waals surface area contributed by atoms with Crippen molar-refractivity contribution in [2.24, 2.45) is 0 Å². The first-order valence-corrected chi connectivity index (χ1v) is 8.33. The first-order valence-electron chi connectivity index (χ1n) is 8.33. The molecule has 1 aromatic rings. The molecule has 0 aliphatic heterocycles. The van der Waals surface area contributed by atoms with Gasteiger partial charge >= 0.3 is 0 Å². The van der Waals surface area contributed by atoms with Crippen LogP contribution < -0.4 is 10.2 Å². The van der Waals surface area contributed by atoms with E-state index in [1.54, 1.807) is 0 Å². The zero-order valence-corrected chi connectivity index (χ0v) is 13.4. The Labute approximate surface area is 128 Å². The molecule has 1 unspecified atom stereocenters. The largest absolute Gasteiger partial charge is 0.396 e. The highest BCUT2D eigenvalue weighted by Gasteiger charge is 2.25. The highest BCUT2D eigenvalue weighted by molar-refractivity contribution is 5.43. The number of hydrogen-bond acceptors (Lipinski definition) is 4. The van der Waals surface area contributed by atoms with Crippen LogP contribution in [0.4, 0.5) is 5.82 Å². The van der Waals surface area contributed by atoms with Gasteiger partial charge in [-0.15, -0.1) is 0 Å². The fraction of sp³-hybridized carbons (Fsp3) is 0.706. The summed E-state index contributed by atoms with van der Waals surface area (Å²) >= 11 is 0. The summed E-state index contributed by atoms with van der Waals surface area (Å²) in [5.41, 5.74) is 1.29. The van der Waals surface area contributed by atoms with Crippen LogP contribution in [0.2, 0.25) is 0 Å². The van der Waals surface area contributed by atoms with Gasteiger partial charge in [-0.1, -0.05) is 6.92 Å². The van der Waals surface area contributed by atoms with Crippen molar-refractivity contribution in [1.29, 1.82) is 0 Å². The Balaban J connectivity index is 2.08. The Kier molecular flexibility index (Phi) is 6.46. The summed E-state index contributed by atoms with van der Waals surface area (Å²) < 4.78 is 0. The molecule has 1 aliphatic rings. The van der Waals surface area contributed by atoms with E-state index in [9.17, 15) is 0 Å². The molecule has 2 N–H and O–H groups in total. The Morgan fingerprint density at radius 3 is 2.90 bits per heavy atom. The summed E-state index contributed by atoms with van der Waals surface area (Å²) in [5.74, 6) is 1.07. The number of anilines is 1. The smallest absolute Gasteiger partial charge is 0.129 e. The van der Waals surface area contributed by atoms with Crippen LogP contribution in [0.3, 0.4) is 0 Å². The van der Waals surface area contributed by atoms with Crippen molar-refractivity contribution >= 4 is 5.82 Å². The van der Waals surface area contributed by atoms with E-state index in [2.05, 4.69) is 41.2 Å². The van der Waals surface area contributed by atoms with E-state index >= 15 is 0 Å². The van der Waals surface area contributed by atoms with Crippen molar-refractivity contribution in [2.75, 3.05) is 24.6 Å². The maximum Gasteiger partial charge on any atom is 0.129 e. The number of rotatable bonds is 9. The highest BCUT2D eigenvalue weighted by atomic mass is 16.3. The van der Waals surface area contributed by atoms with Gasteiger partial charge in [-0.25, -0.2) is 4.98 Å². The zero-order chi connectivity index (χ0) is 15.1. The molecule has 1 atom stereocenters. The summed E-state index contributed by atoms with van der Waals surface area (Å²) in [6.45, 7) is 6.57. The van der Waals surface area contributed by atoms with E-state index < -0.39 is 0 Å². The minimum Gasteiger partial charge on any atom is -0.396 e. The lowest BCUT2D eigenvalue weighted by Crippen LogP contribution is -2.41. The Morgan fingerprint density at radius 1 is 1.48 bits per heavy atom. The number of nitrogens with zero attached hydrogens (tertiary/aromatic N) is 2. The zero-order valence-electron chi connectivity index (χ0n) is 13.4. The maximum atomic E-state index is 9.12. The van der Waals surface area contributed by atoms with Gasteiger partial charge in [0.1, 0.15) is 5.82 Å². The molecule has 0 aromatic carbocycles. The van der Waals surface area contributed by atoms with Gasteiger partial charge in [0.15, 0.2) is 0 Å². The van der Waals surface area contributed by atoms with Crippen LogP contribution in [0.15, 0.2) is 18.3 Å².